The molecule has 1 aromatic rings. The zero-order valence-corrected chi connectivity index (χ0v) is 10.3. The molecule has 1 aliphatic heterocycles. The van der Waals surface area contributed by atoms with Gasteiger partial charge in [0.1, 0.15) is 5.82 Å². The number of benzene rings is 1. The van der Waals surface area contributed by atoms with Gasteiger partial charge in [-0.05, 0) is 13.0 Å². The summed E-state index contributed by atoms with van der Waals surface area (Å²) in [6, 6.07) is 1.83. The van der Waals surface area contributed by atoms with Crippen LogP contribution in [0.3, 0.4) is 0 Å². The van der Waals surface area contributed by atoms with Gasteiger partial charge in [0.15, 0.2) is 12.1 Å². The van der Waals surface area contributed by atoms with E-state index in [0.717, 1.165) is 25.1 Å². The Morgan fingerprint density at radius 2 is 2.15 bits per heavy atom. The molecule has 2 N–H and O–H groups in total. The lowest BCUT2D eigenvalue weighted by Gasteiger charge is -2.37. The average molecular weight is 289 g/mol. The Kier molecular flexibility index (Phi) is 3.07. The molecule has 0 bridgehead atoms. The molecular formula is C11H10F3N3O3. The summed E-state index contributed by atoms with van der Waals surface area (Å²) in [6.45, 7) is -0.133. The van der Waals surface area contributed by atoms with Crippen molar-refractivity contribution in [3.8, 4) is 0 Å². The van der Waals surface area contributed by atoms with Gasteiger partial charge in [0, 0.05) is 17.7 Å². The number of nitro groups is 1. The van der Waals surface area contributed by atoms with E-state index in [9.17, 15) is 23.3 Å². The lowest BCUT2D eigenvalue weighted by molar-refractivity contribution is -0.385. The van der Waals surface area contributed by atoms with Gasteiger partial charge in [0.25, 0.3) is 11.7 Å². The summed E-state index contributed by atoms with van der Waals surface area (Å²) in [5.41, 5.74) is 1.76. The third-order valence-electron chi connectivity index (χ3n) is 3.13. The second-order valence-electron chi connectivity index (χ2n) is 4.44. The molecule has 9 heteroatoms. The maximum absolute atomic E-state index is 14.0. The SMILES string of the molecule is C[C@]1(c2cc([N+](=O)[O-])ccc2F)N=C(N)OCC1(F)F. The predicted octanol–water partition coefficient (Wildman–Crippen LogP) is 1.93. The predicted molar refractivity (Wildman–Crippen MR) is 62.9 cm³/mol. The number of rotatable bonds is 2. The van der Waals surface area contributed by atoms with Gasteiger partial charge < -0.3 is 10.5 Å². The second-order valence-corrected chi connectivity index (χ2v) is 4.44. The van der Waals surface area contributed by atoms with Gasteiger partial charge in [-0.2, -0.15) is 8.78 Å². The zero-order valence-electron chi connectivity index (χ0n) is 10.3. The van der Waals surface area contributed by atoms with Crippen molar-refractivity contribution in [2.45, 2.75) is 18.4 Å². The molecule has 0 saturated carbocycles. The van der Waals surface area contributed by atoms with Gasteiger partial charge in [-0.1, -0.05) is 0 Å². The number of ether oxygens (including phenoxy) is 1. The first kappa shape index (κ1) is 14.1. The van der Waals surface area contributed by atoms with E-state index in [1.165, 1.54) is 0 Å². The van der Waals surface area contributed by atoms with Crippen molar-refractivity contribution in [1.29, 1.82) is 0 Å². The van der Waals surface area contributed by atoms with E-state index in [1.54, 1.807) is 0 Å². The van der Waals surface area contributed by atoms with Crippen molar-refractivity contribution >= 4 is 11.7 Å². The van der Waals surface area contributed by atoms with E-state index in [4.69, 9.17) is 5.73 Å². The summed E-state index contributed by atoms with van der Waals surface area (Å²) in [6.07, 6.45) is 0. The Bertz CT molecular complexity index is 606. The maximum Gasteiger partial charge on any atom is 0.310 e. The summed E-state index contributed by atoms with van der Waals surface area (Å²) < 4.78 is 46.3. The number of non-ortho nitro benzene ring substituents is 1. The number of aliphatic imine (C=N–C) groups is 1. The minimum atomic E-state index is -3.56. The van der Waals surface area contributed by atoms with Crippen LogP contribution < -0.4 is 5.73 Å². The van der Waals surface area contributed by atoms with Crippen LogP contribution in [0.2, 0.25) is 0 Å². The number of nitro benzene ring substituents is 1. The Morgan fingerprint density at radius 1 is 1.50 bits per heavy atom. The van der Waals surface area contributed by atoms with Crippen LogP contribution >= 0.6 is 0 Å². The first-order valence-electron chi connectivity index (χ1n) is 5.48. The fourth-order valence-corrected chi connectivity index (χ4v) is 1.90. The van der Waals surface area contributed by atoms with Crippen LogP contribution in [0.15, 0.2) is 23.2 Å². The molecule has 0 fully saturated rings. The highest BCUT2D eigenvalue weighted by atomic mass is 19.3. The summed E-state index contributed by atoms with van der Waals surface area (Å²) in [4.78, 5) is 13.3. The zero-order chi connectivity index (χ0) is 15.1. The molecule has 20 heavy (non-hydrogen) atoms. The summed E-state index contributed by atoms with van der Waals surface area (Å²) >= 11 is 0. The van der Waals surface area contributed by atoms with Crippen molar-refractivity contribution < 1.29 is 22.8 Å². The smallest absolute Gasteiger partial charge is 0.310 e. The van der Waals surface area contributed by atoms with Crippen LogP contribution in [-0.2, 0) is 10.3 Å². The summed E-state index contributed by atoms with van der Waals surface area (Å²) in [5.74, 6) is -4.59. The first-order valence-corrected chi connectivity index (χ1v) is 5.48. The Hall–Kier alpha value is -2.32. The number of amidine groups is 1. The minimum absolute atomic E-state index is 0.515. The van der Waals surface area contributed by atoms with Gasteiger partial charge >= 0.3 is 5.92 Å². The molecule has 1 heterocycles. The van der Waals surface area contributed by atoms with Crippen molar-refractivity contribution in [3.05, 3.63) is 39.7 Å². The number of hydrogen-bond acceptors (Lipinski definition) is 5. The molecular weight excluding hydrogens is 279 g/mol. The molecule has 0 radical (unpaired) electrons. The van der Waals surface area contributed by atoms with Gasteiger partial charge in [0.05, 0.1) is 4.92 Å². The Labute approximate surface area is 111 Å². The number of alkyl halides is 2. The maximum atomic E-state index is 14.0. The van der Waals surface area contributed by atoms with E-state index >= 15 is 0 Å². The molecule has 0 spiro atoms. The van der Waals surface area contributed by atoms with Gasteiger partial charge in [-0.25, -0.2) is 9.38 Å². The molecule has 1 aliphatic rings. The third-order valence-corrected chi connectivity index (χ3v) is 3.13. The van der Waals surface area contributed by atoms with Crippen LogP contribution in [-0.4, -0.2) is 23.5 Å². The van der Waals surface area contributed by atoms with Gasteiger partial charge in [-0.3, -0.25) is 10.1 Å². The minimum Gasteiger partial charge on any atom is -0.459 e. The van der Waals surface area contributed by atoms with E-state index in [0.29, 0.717) is 0 Å². The van der Waals surface area contributed by atoms with Crippen LogP contribution in [0, 0.1) is 15.9 Å². The second kappa shape index (κ2) is 4.36. The number of nitrogens with two attached hydrogens (primary N) is 1. The Balaban J connectivity index is 2.66. The van der Waals surface area contributed by atoms with Crippen molar-refractivity contribution in [2.24, 2.45) is 10.7 Å². The lowest BCUT2D eigenvalue weighted by Crippen LogP contribution is -2.51. The molecule has 6 nitrogen and oxygen atoms in total. The fourth-order valence-electron chi connectivity index (χ4n) is 1.90. The van der Waals surface area contributed by atoms with E-state index in [-0.39, 0.29) is 0 Å². The molecule has 2 rings (SSSR count). The molecule has 0 aliphatic carbocycles. The van der Waals surface area contributed by atoms with Gasteiger partial charge in [0.2, 0.25) is 0 Å². The molecule has 0 unspecified atom stereocenters. The van der Waals surface area contributed by atoms with Crippen molar-refractivity contribution in [3.63, 3.8) is 0 Å². The molecule has 1 aromatic carbocycles. The highest BCUT2D eigenvalue weighted by molar-refractivity contribution is 5.73. The topological polar surface area (TPSA) is 90.8 Å². The number of nitrogens with zero attached hydrogens (tertiary/aromatic N) is 2. The van der Waals surface area contributed by atoms with Crippen LogP contribution in [0.25, 0.3) is 0 Å². The van der Waals surface area contributed by atoms with Crippen LogP contribution in [0.4, 0.5) is 18.9 Å². The van der Waals surface area contributed by atoms with Crippen molar-refractivity contribution in [2.75, 3.05) is 6.61 Å². The normalized spacial score (nSPS) is 24.7. The van der Waals surface area contributed by atoms with E-state index in [1.807, 2.05) is 0 Å². The van der Waals surface area contributed by atoms with Crippen LogP contribution in [0.1, 0.15) is 12.5 Å². The first-order chi connectivity index (χ1) is 9.17. The third kappa shape index (κ3) is 2.04. The van der Waals surface area contributed by atoms with Crippen molar-refractivity contribution in [1.82, 2.24) is 0 Å². The lowest BCUT2D eigenvalue weighted by atomic mass is 9.85. The van der Waals surface area contributed by atoms with Crippen LogP contribution in [0.5, 0.6) is 0 Å². The number of hydrogen-bond donors (Lipinski definition) is 1. The average Bonchev–Trinajstić information content (AvgIpc) is 2.35. The summed E-state index contributed by atoms with van der Waals surface area (Å²) in [5, 5.41) is 10.7. The van der Waals surface area contributed by atoms with E-state index in [2.05, 4.69) is 9.73 Å². The number of halogens is 3. The fraction of sp³-hybridized carbons (Fsp3) is 0.364. The monoisotopic (exact) mass is 289 g/mol. The van der Waals surface area contributed by atoms with Gasteiger partial charge in [-0.15, -0.1) is 0 Å². The highest BCUT2D eigenvalue weighted by Gasteiger charge is 2.56. The quantitative estimate of drug-likeness (QED) is 0.665. The highest BCUT2D eigenvalue weighted by Crippen LogP contribution is 2.44. The molecule has 0 saturated heterocycles. The summed E-state index contributed by atoms with van der Waals surface area (Å²) in [7, 11) is 0. The molecule has 108 valence electrons. The standard InChI is InChI=1S/C11H10F3N3O3/c1-10(11(13,14)5-20-9(15)16-10)7-4-6(17(18)19)2-3-8(7)12/h2-4H,5H2,1H3,(H2,15,16)/t10-/m1/s1. The molecule has 0 aromatic heterocycles. The molecule has 1 atom stereocenters. The van der Waals surface area contributed by atoms with E-state index < -0.39 is 46.1 Å². The Morgan fingerprint density at radius 3 is 2.75 bits per heavy atom. The molecule has 0 amide bonds. The largest absolute Gasteiger partial charge is 0.459 e.